The molecule has 3 aromatic rings. The van der Waals surface area contributed by atoms with Crippen molar-refractivity contribution >= 4 is 22.5 Å². The van der Waals surface area contributed by atoms with E-state index in [2.05, 4.69) is 9.97 Å². The summed E-state index contributed by atoms with van der Waals surface area (Å²) in [5.74, 6) is -5.45. The van der Waals surface area contributed by atoms with Crippen LogP contribution in [0.1, 0.15) is 0 Å². The molecular weight excluding hydrogens is 308 g/mol. The molecule has 0 fully saturated rings. The SMILES string of the molecule is Fc1ccc(-c2nc(Cl)c3cccc(F)c3n2)c(F)c1F. The van der Waals surface area contributed by atoms with E-state index in [9.17, 15) is 17.6 Å². The van der Waals surface area contributed by atoms with Gasteiger partial charge in [-0.25, -0.2) is 27.5 Å². The highest BCUT2D eigenvalue weighted by Gasteiger charge is 2.18. The summed E-state index contributed by atoms with van der Waals surface area (Å²) in [4.78, 5) is 7.64. The zero-order valence-electron chi connectivity index (χ0n) is 10.2. The Kier molecular flexibility index (Phi) is 3.25. The normalized spacial score (nSPS) is 11.1. The van der Waals surface area contributed by atoms with Crippen LogP contribution in [-0.2, 0) is 0 Å². The molecule has 0 saturated heterocycles. The molecule has 106 valence electrons. The van der Waals surface area contributed by atoms with Gasteiger partial charge >= 0.3 is 0 Å². The number of benzene rings is 2. The fraction of sp³-hybridized carbons (Fsp3) is 0. The number of para-hydroxylation sites is 1. The Morgan fingerprint density at radius 1 is 0.810 bits per heavy atom. The second kappa shape index (κ2) is 4.96. The van der Waals surface area contributed by atoms with Crippen molar-refractivity contribution in [2.75, 3.05) is 0 Å². The molecule has 7 heteroatoms. The quantitative estimate of drug-likeness (QED) is 0.375. The number of fused-ring (bicyclic) bond motifs is 1. The zero-order chi connectivity index (χ0) is 15.1. The monoisotopic (exact) mass is 312 g/mol. The maximum atomic E-state index is 13.7. The summed E-state index contributed by atoms with van der Waals surface area (Å²) < 4.78 is 53.7. The van der Waals surface area contributed by atoms with Gasteiger partial charge in [-0.05, 0) is 24.3 Å². The van der Waals surface area contributed by atoms with Crippen molar-refractivity contribution in [1.82, 2.24) is 9.97 Å². The number of hydrogen-bond donors (Lipinski definition) is 0. The van der Waals surface area contributed by atoms with Crippen molar-refractivity contribution in [1.29, 1.82) is 0 Å². The second-order valence-corrected chi connectivity index (χ2v) is 4.55. The van der Waals surface area contributed by atoms with Crippen molar-refractivity contribution in [3.05, 3.63) is 58.8 Å². The van der Waals surface area contributed by atoms with E-state index >= 15 is 0 Å². The van der Waals surface area contributed by atoms with Gasteiger partial charge in [-0.2, -0.15) is 0 Å². The van der Waals surface area contributed by atoms with E-state index in [1.807, 2.05) is 0 Å². The molecule has 0 aliphatic rings. The molecule has 2 nitrogen and oxygen atoms in total. The number of halogens is 5. The maximum absolute atomic E-state index is 13.7. The van der Waals surface area contributed by atoms with E-state index < -0.39 is 28.8 Å². The van der Waals surface area contributed by atoms with Crippen LogP contribution in [0.25, 0.3) is 22.3 Å². The van der Waals surface area contributed by atoms with Gasteiger partial charge in [0.05, 0.1) is 5.56 Å². The van der Waals surface area contributed by atoms with Gasteiger partial charge < -0.3 is 0 Å². The predicted octanol–water partition coefficient (Wildman–Crippen LogP) is 4.51. The first-order valence-electron chi connectivity index (χ1n) is 5.74. The largest absolute Gasteiger partial charge is 0.225 e. The van der Waals surface area contributed by atoms with Crippen molar-refractivity contribution in [2.24, 2.45) is 0 Å². The molecule has 3 rings (SSSR count). The molecule has 2 aromatic carbocycles. The third kappa shape index (κ3) is 2.21. The highest BCUT2D eigenvalue weighted by atomic mass is 35.5. The summed E-state index contributed by atoms with van der Waals surface area (Å²) in [5.41, 5.74) is -0.530. The van der Waals surface area contributed by atoms with Crippen LogP contribution in [0.15, 0.2) is 30.3 Å². The summed E-state index contributed by atoms with van der Waals surface area (Å²) in [6.07, 6.45) is 0. The topological polar surface area (TPSA) is 25.8 Å². The Bertz CT molecular complexity index is 867. The Balaban J connectivity index is 2.32. The van der Waals surface area contributed by atoms with E-state index in [1.165, 1.54) is 12.1 Å². The van der Waals surface area contributed by atoms with Gasteiger partial charge in [0.2, 0.25) is 0 Å². The Morgan fingerprint density at radius 2 is 1.57 bits per heavy atom. The number of hydrogen-bond acceptors (Lipinski definition) is 2. The van der Waals surface area contributed by atoms with E-state index in [0.717, 1.165) is 18.2 Å². The Labute approximate surface area is 121 Å². The van der Waals surface area contributed by atoms with Crippen molar-refractivity contribution in [3.8, 4) is 11.4 Å². The van der Waals surface area contributed by atoms with Crippen LogP contribution in [0, 0.1) is 23.3 Å². The summed E-state index contributed by atoms with van der Waals surface area (Å²) in [6, 6.07) is 5.76. The first kappa shape index (κ1) is 13.8. The molecule has 0 atom stereocenters. The van der Waals surface area contributed by atoms with Gasteiger partial charge in [0.1, 0.15) is 16.5 Å². The average molecular weight is 313 g/mol. The van der Waals surface area contributed by atoms with Crippen LogP contribution in [0.2, 0.25) is 5.15 Å². The van der Waals surface area contributed by atoms with E-state index in [4.69, 9.17) is 11.6 Å². The minimum atomic E-state index is -1.65. The molecule has 0 aliphatic heterocycles. The lowest BCUT2D eigenvalue weighted by Gasteiger charge is -2.07. The molecule has 1 heterocycles. The molecular formula is C14H5ClF4N2. The lowest BCUT2D eigenvalue weighted by atomic mass is 10.1. The van der Waals surface area contributed by atoms with Gasteiger partial charge in [0.25, 0.3) is 0 Å². The molecule has 0 spiro atoms. The lowest BCUT2D eigenvalue weighted by Crippen LogP contribution is -1.99. The third-order valence-corrected chi connectivity index (χ3v) is 3.20. The summed E-state index contributed by atoms with van der Waals surface area (Å²) in [6.45, 7) is 0. The summed E-state index contributed by atoms with van der Waals surface area (Å²) in [7, 11) is 0. The van der Waals surface area contributed by atoms with Crippen LogP contribution >= 0.6 is 11.6 Å². The van der Waals surface area contributed by atoms with Crippen LogP contribution in [0.4, 0.5) is 17.6 Å². The maximum Gasteiger partial charge on any atom is 0.195 e. The van der Waals surface area contributed by atoms with Gasteiger partial charge in [-0.3, -0.25) is 0 Å². The smallest absolute Gasteiger partial charge is 0.195 e. The van der Waals surface area contributed by atoms with Gasteiger partial charge in [0, 0.05) is 5.39 Å². The van der Waals surface area contributed by atoms with Crippen LogP contribution in [0.5, 0.6) is 0 Å². The highest BCUT2D eigenvalue weighted by molar-refractivity contribution is 6.34. The number of rotatable bonds is 1. The third-order valence-electron chi connectivity index (χ3n) is 2.91. The molecule has 1 aromatic heterocycles. The van der Waals surface area contributed by atoms with E-state index in [-0.39, 0.29) is 21.9 Å². The Morgan fingerprint density at radius 3 is 2.33 bits per heavy atom. The van der Waals surface area contributed by atoms with Gasteiger partial charge in [-0.1, -0.05) is 17.7 Å². The van der Waals surface area contributed by atoms with E-state index in [0.29, 0.717) is 0 Å². The highest BCUT2D eigenvalue weighted by Crippen LogP contribution is 2.28. The van der Waals surface area contributed by atoms with Crippen LogP contribution in [0.3, 0.4) is 0 Å². The van der Waals surface area contributed by atoms with Crippen LogP contribution in [-0.4, -0.2) is 9.97 Å². The van der Waals surface area contributed by atoms with Crippen LogP contribution < -0.4 is 0 Å². The van der Waals surface area contributed by atoms with Gasteiger partial charge in [-0.15, -0.1) is 0 Å². The summed E-state index contributed by atoms with van der Waals surface area (Å²) in [5, 5.41) is 0.127. The standard InChI is InChI=1S/C14H5ClF4N2/c15-13-7-2-1-3-9(17)12(7)20-14(21-13)6-4-5-8(16)11(19)10(6)18/h1-5H. The molecule has 0 aliphatic carbocycles. The zero-order valence-corrected chi connectivity index (χ0v) is 10.9. The average Bonchev–Trinajstić information content (AvgIpc) is 2.46. The second-order valence-electron chi connectivity index (χ2n) is 4.20. The van der Waals surface area contributed by atoms with Gasteiger partial charge in [0.15, 0.2) is 23.3 Å². The Hall–Kier alpha value is -2.21. The van der Waals surface area contributed by atoms with Crippen molar-refractivity contribution in [3.63, 3.8) is 0 Å². The van der Waals surface area contributed by atoms with E-state index in [1.54, 1.807) is 0 Å². The molecule has 0 saturated carbocycles. The van der Waals surface area contributed by atoms with Crippen molar-refractivity contribution in [2.45, 2.75) is 0 Å². The first-order chi connectivity index (χ1) is 9.99. The fourth-order valence-electron chi connectivity index (χ4n) is 1.90. The lowest BCUT2D eigenvalue weighted by molar-refractivity contribution is 0.448. The molecule has 0 N–H and O–H groups in total. The molecule has 0 radical (unpaired) electrons. The molecule has 0 unspecified atom stereocenters. The molecule has 0 amide bonds. The predicted molar refractivity (Wildman–Crippen MR) is 69.8 cm³/mol. The minimum absolute atomic E-state index is 0.112. The summed E-state index contributed by atoms with van der Waals surface area (Å²) >= 11 is 5.90. The first-order valence-corrected chi connectivity index (χ1v) is 6.12. The minimum Gasteiger partial charge on any atom is -0.225 e. The molecule has 21 heavy (non-hydrogen) atoms. The molecule has 0 bridgehead atoms. The number of nitrogens with zero attached hydrogens (tertiary/aromatic N) is 2. The fourth-order valence-corrected chi connectivity index (χ4v) is 2.13. The number of aromatic nitrogens is 2. The van der Waals surface area contributed by atoms with Crippen molar-refractivity contribution < 1.29 is 17.6 Å².